The smallest absolute Gasteiger partial charge is 0.332 e. The van der Waals surface area contributed by atoms with Gasteiger partial charge in [-0.25, -0.2) is 9.69 Å². The fourth-order valence-electron chi connectivity index (χ4n) is 5.47. The molecule has 34 heavy (non-hydrogen) atoms. The number of anilines is 1. The summed E-state index contributed by atoms with van der Waals surface area (Å²) in [6, 6.07) is 21.9. The monoisotopic (exact) mass is 451 g/mol. The van der Waals surface area contributed by atoms with Crippen molar-refractivity contribution < 1.29 is 19.1 Å². The molecule has 1 saturated heterocycles. The lowest BCUT2D eigenvalue weighted by Gasteiger charge is -2.36. The number of aromatic nitrogens is 1. The number of hydrogen-bond acceptors (Lipinski definition) is 4. The first-order valence-corrected chi connectivity index (χ1v) is 11.4. The lowest BCUT2D eigenvalue weighted by Crippen LogP contribution is -2.44. The summed E-state index contributed by atoms with van der Waals surface area (Å²) in [7, 11) is 0. The van der Waals surface area contributed by atoms with E-state index in [2.05, 4.69) is 11.1 Å². The molecule has 0 saturated carbocycles. The molecule has 1 fully saturated rings. The van der Waals surface area contributed by atoms with Crippen molar-refractivity contribution in [2.45, 2.75) is 18.5 Å². The first-order valence-electron chi connectivity index (χ1n) is 11.4. The highest BCUT2D eigenvalue weighted by molar-refractivity contribution is 6.22. The number of nitrogens with one attached hydrogen (secondary N) is 1. The predicted molar refractivity (Wildman–Crippen MR) is 126 cm³/mol. The average molecular weight is 451 g/mol. The van der Waals surface area contributed by atoms with Gasteiger partial charge >= 0.3 is 6.03 Å². The van der Waals surface area contributed by atoms with Gasteiger partial charge in [0.2, 0.25) is 0 Å². The molecule has 7 heteroatoms. The summed E-state index contributed by atoms with van der Waals surface area (Å²) in [6.45, 7) is 0.916. The molecule has 0 aliphatic carbocycles. The van der Waals surface area contributed by atoms with Crippen LogP contribution in [0, 0.1) is 0 Å². The number of fused-ring (bicyclic) bond motifs is 5. The van der Waals surface area contributed by atoms with Crippen LogP contribution in [0.25, 0.3) is 10.9 Å². The van der Waals surface area contributed by atoms with Crippen LogP contribution in [0.15, 0.2) is 72.8 Å². The Labute approximate surface area is 195 Å². The fraction of sp³-hybridized carbons (Fsp3) is 0.185. The lowest BCUT2D eigenvalue weighted by molar-refractivity contribution is -0.120. The van der Waals surface area contributed by atoms with Crippen molar-refractivity contribution in [2.75, 3.05) is 18.1 Å². The summed E-state index contributed by atoms with van der Waals surface area (Å²) in [4.78, 5) is 34.2. The van der Waals surface area contributed by atoms with Crippen molar-refractivity contribution in [1.82, 2.24) is 9.88 Å². The Morgan fingerprint density at radius 1 is 0.853 bits per heavy atom. The van der Waals surface area contributed by atoms with E-state index in [0.717, 1.165) is 27.7 Å². The molecule has 168 valence electrons. The number of rotatable bonds is 2. The van der Waals surface area contributed by atoms with E-state index in [4.69, 9.17) is 9.47 Å². The second kappa shape index (κ2) is 7.12. The Balaban J connectivity index is 1.37. The summed E-state index contributed by atoms with van der Waals surface area (Å²) in [5, 5.41) is 1.09. The highest BCUT2D eigenvalue weighted by atomic mass is 16.6. The number of nitrogens with zero attached hydrogens (tertiary/aromatic N) is 2. The molecule has 4 aromatic rings. The molecule has 7 nitrogen and oxygen atoms in total. The number of urea groups is 1. The number of amides is 3. The zero-order valence-corrected chi connectivity index (χ0v) is 18.2. The van der Waals surface area contributed by atoms with E-state index in [1.165, 1.54) is 4.90 Å². The largest absolute Gasteiger partial charge is 0.486 e. The number of carbonyl (C=O) groups excluding carboxylic acids is 2. The quantitative estimate of drug-likeness (QED) is 0.458. The van der Waals surface area contributed by atoms with Crippen molar-refractivity contribution in [3.8, 4) is 11.5 Å². The number of H-pyrrole nitrogens is 1. The van der Waals surface area contributed by atoms with Crippen LogP contribution in [0.5, 0.6) is 11.5 Å². The minimum absolute atomic E-state index is 0.224. The number of ether oxygens (including phenoxy) is 2. The molecule has 0 unspecified atom stereocenters. The van der Waals surface area contributed by atoms with Gasteiger partial charge in [0.1, 0.15) is 25.3 Å². The van der Waals surface area contributed by atoms with Crippen LogP contribution in [0.1, 0.15) is 22.9 Å². The molecule has 0 bridgehead atoms. The van der Waals surface area contributed by atoms with Crippen LogP contribution in [0.2, 0.25) is 0 Å². The van der Waals surface area contributed by atoms with Gasteiger partial charge < -0.3 is 14.5 Å². The number of benzene rings is 3. The normalized spacial score (nSPS) is 21.1. The van der Waals surface area contributed by atoms with Crippen molar-refractivity contribution in [3.63, 3.8) is 0 Å². The number of hydrogen-bond donors (Lipinski definition) is 1. The minimum atomic E-state index is -0.586. The van der Waals surface area contributed by atoms with Crippen LogP contribution in [-0.4, -0.2) is 41.1 Å². The molecular weight excluding hydrogens is 430 g/mol. The third kappa shape index (κ3) is 2.64. The van der Waals surface area contributed by atoms with E-state index in [-0.39, 0.29) is 18.0 Å². The van der Waals surface area contributed by atoms with Gasteiger partial charge in [-0.3, -0.25) is 9.69 Å². The molecule has 3 amide bonds. The maximum absolute atomic E-state index is 13.9. The van der Waals surface area contributed by atoms with E-state index >= 15 is 0 Å². The Morgan fingerprint density at radius 3 is 2.47 bits per heavy atom. The zero-order valence-electron chi connectivity index (χ0n) is 18.2. The molecule has 0 radical (unpaired) electrons. The van der Waals surface area contributed by atoms with E-state index in [0.29, 0.717) is 36.8 Å². The number of para-hydroxylation sites is 1. The Kier molecular flexibility index (Phi) is 4.03. The standard InChI is InChI=1S/C27H21N3O4/c31-26-21-15-19-18-8-4-5-9-20(18)28-24(19)25(16-6-2-1-3-7-16)30(21)27(32)29(26)17-10-11-22-23(14-17)34-13-12-33-22/h1-11,14,21,25,28H,12-13,15H2/t21-,25+/m0/s1. The summed E-state index contributed by atoms with van der Waals surface area (Å²) in [6.07, 6.45) is 0.467. The Hall–Kier alpha value is -4.26. The highest BCUT2D eigenvalue weighted by Crippen LogP contribution is 2.45. The second-order valence-corrected chi connectivity index (χ2v) is 8.79. The van der Waals surface area contributed by atoms with Crippen LogP contribution in [0.4, 0.5) is 10.5 Å². The number of carbonyl (C=O) groups is 2. The maximum atomic E-state index is 13.9. The van der Waals surface area contributed by atoms with Gasteiger partial charge in [-0.15, -0.1) is 0 Å². The van der Waals surface area contributed by atoms with E-state index < -0.39 is 6.04 Å². The van der Waals surface area contributed by atoms with Crippen LogP contribution in [0.3, 0.4) is 0 Å². The molecule has 4 heterocycles. The lowest BCUT2D eigenvalue weighted by atomic mass is 9.89. The van der Waals surface area contributed by atoms with Gasteiger partial charge in [-0.2, -0.15) is 0 Å². The third-order valence-electron chi connectivity index (χ3n) is 6.95. The van der Waals surface area contributed by atoms with Crippen molar-refractivity contribution in [2.24, 2.45) is 0 Å². The molecule has 3 aliphatic rings. The first-order chi connectivity index (χ1) is 16.7. The minimum Gasteiger partial charge on any atom is -0.486 e. The summed E-state index contributed by atoms with van der Waals surface area (Å²) < 4.78 is 11.3. The third-order valence-corrected chi connectivity index (χ3v) is 6.95. The second-order valence-electron chi connectivity index (χ2n) is 8.79. The van der Waals surface area contributed by atoms with Gasteiger partial charge in [0, 0.05) is 29.1 Å². The van der Waals surface area contributed by atoms with Gasteiger partial charge in [0.25, 0.3) is 5.91 Å². The summed E-state index contributed by atoms with van der Waals surface area (Å²) in [5.41, 5.74) is 4.53. The van der Waals surface area contributed by atoms with Gasteiger partial charge in [0.15, 0.2) is 11.5 Å². The number of aromatic amines is 1. The molecule has 1 aromatic heterocycles. The van der Waals surface area contributed by atoms with Crippen molar-refractivity contribution >= 4 is 28.5 Å². The summed E-state index contributed by atoms with van der Waals surface area (Å²) >= 11 is 0. The first kappa shape index (κ1) is 19.2. The van der Waals surface area contributed by atoms with Crippen LogP contribution < -0.4 is 14.4 Å². The van der Waals surface area contributed by atoms with Crippen molar-refractivity contribution in [3.05, 3.63) is 89.6 Å². The Bertz CT molecular complexity index is 1460. The fourth-order valence-corrected chi connectivity index (χ4v) is 5.47. The maximum Gasteiger partial charge on any atom is 0.332 e. The molecule has 0 spiro atoms. The molecular formula is C27H21N3O4. The van der Waals surface area contributed by atoms with E-state index in [9.17, 15) is 9.59 Å². The SMILES string of the molecule is O=C1[C@@H]2Cc3c([nH]c4ccccc34)[C@@H](c3ccccc3)N2C(=O)N1c1ccc2c(c1)OCCO2. The van der Waals surface area contributed by atoms with Crippen molar-refractivity contribution in [1.29, 1.82) is 0 Å². The van der Waals surface area contributed by atoms with Crippen LogP contribution >= 0.6 is 0 Å². The average Bonchev–Trinajstić information content (AvgIpc) is 3.37. The molecule has 7 rings (SSSR count). The van der Waals surface area contributed by atoms with Crippen LogP contribution in [-0.2, 0) is 11.2 Å². The molecule has 3 aromatic carbocycles. The Morgan fingerprint density at radius 2 is 1.62 bits per heavy atom. The number of imide groups is 1. The predicted octanol–water partition coefficient (Wildman–Crippen LogP) is 4.42. The molecule has 3 aliphatic heterocycles. The molecule has 1 N–H and O–H groups in total. The zero-order chi connectivity index (χ0) is 22.8. The topological polar surface area (TPSA) is 74.9 Å². The van der Waals surface area contributed by atoms with Gasteiger partial charge in [-0.1, -0.05) is 48.5 Å². The summed E-state index contributed by atoms with van der Waals surface area (Å²) in [5.74, 6) is 0.944. The highest BCUT2D eigenvalue weighted by Gasteiger charge is 2.53. The van der Waals surface area contributed by atoms with E-state index in [1.807, 2.05) is 48.5 Å². The molecule has 2 atom stereocenters. The van der Waals surface area contributed by atoms with Gasteiger partial charge in [-0.05, 0) is 29.3 Å². The van der Waals surface area contributed by atoms with Gasteiger partial charge in [0.05, 0.1) is 5.69 Å². The van der Waals surface area contributed by atoms with E-state index in [1.54, 1.807) is 23.1 Å².